The van der Waals surface area contributed by atoms with Crippen LogP contribution in [0.4, 0.5) is 0 Å². The van der Waals surface area contributed by atoms with Crippen molar-refractivity contribution in [3.8, 4) is 0 Å². The van der Waals surface area contributed by atoms with E-state index in [4.69, 9.17) is 0 Å². The molecule has 1 aliphatic rings. The van der Waals surface area contributed by atoms with Gasteiger partial charge in [-0.3, -0.25) is 4.79 Å². The normalized spacial score (nSPS) is 20.9. The highest BCUT2D eigenvalue weighted by atomic mass is 32.2. The standard InChI is InChI=1S/C12H24N2OS/c1-11(2,3)16-8-10(15)14-7-6-13-12(4,5)9-14/h13H,6-9H2,1-5H3. The third kappa shape index (κ3) is 4.74. The molecule has 0 spiro atoms. The highest BCUT2D eigenvalue weighted by Gasteiger charge is 2.28. The van der Waals surface area contributed by atoms with Crippen LogP contribution < -0.4 is 5.32 Å². The lowest BCUT2D eigenvalue weighted by molar-refractivity contribution is -0.130. The molecule has 1 aliphatic heterocycles. The van der Waals surface area contributed by atoms with E-state index >= 15 is 0 Å². The first-order valence-electron chi connectivity index (χ1n) is 5.86. The molecule has 1 amide bonds. The van der Waals surface area contributed by atoms with E-state index in [1.807, 2.05) is 4.90 Å². The summed E-state index contributed by atoms with van der Waals surface area (Å²) < 4.78 is 0.166. The first-order valence-corrected chi connectivity index (χ1v) is 6.85. The average Bonchev–Trinajstić information content (AvgIpc) is 2.11. The molecule has 1 N–H and O–H groups in total. The van der Waals surface area contributed by atoms with Gasteiger partial charge in [0.25, 0.3) is 0 Å². The number of rotatable bonds is 2. The average molecular weight is 244 g/mol. The van der Waals surface area contributed by atoms with E-state index in [9.17, 15) is 4.79 Å². The predicted octanol–water partition coefficient (Wildman–Crippen LogP) is 1.73. The molecular weight excluding hydrogens is 220 g/mol. The predicted molar refractivity (Wildman–Crippen MR) is 70.9 cm³/mol. The Morgan fingerprint density at radius 1 is 1.44 bits per heavy atom. The largest absolute Gasteiger partial charge is 0.339 e. The first-order chi connectivity index (χ1) is 7.20. The fourth-order valence-corrected chi connectivity index (χ4v) is 2.46. The van der Waals surface area contributed by atoms with Crippen molar-refractivity contribution < 1.29 is 4.79 Å². The SMILES string of the molecule is CC1(C)CN(C(=O)CSC(C)(C)C)CCN1. The van der Waals surface area contributed by atoms with Crippen LogP contribution in [-0.2, 0) is 4.79 Å². The first kappa shape index (κ1) is 13.8. The molecule has 0 atom stereocenters. The van der Waals surface area contributed by atoms with Gasteiger partial charge in [-0.25, -0.2) is 0 Å². The quantitative estimate of drug-likeness (QED) is 0.803. The lowest BCUT2D eigenvalue weighted by Gasteiger charge is -2.39. The van der Waals surface area contributed by atoms with Gasteiger partial charge < -0.3 is 10.2 Å². The van der Waals surface area contributed by atoms with Crippen LogP contribution in [0.3, 0.4) is 0 Å². The second kappa shape index (κ2) is 4.96. The summed E-state index contributed by atoms with van der Waals surface area (Å²) in [4.78, 5) is 14.0. The fourth-order valence-electron chi connectivity index (χ4n) is 1.72. The van der Waals surface area contributed by atoms with Gasteiger partial charge in [0.2, 0.25) is 5.91 Å². The minimum Gasteiger partial charge on any atom is -0.339 e. The summed E-state index contributed by atoms with van der Waals surface area (Å²) in [5.74, 6) is 0.869. The number of nitrogens with zero attached hydrogens (tertiary/aromatic N) is 1. The summed E-state index contributed by atoms with van der Waals surface area (Å²) in [5.41, 5.74) is 0.0559. The van der Waals surface area contributed by atoms with Gasteiger partial charge in [-0.05, 0) is 13.8 Å². The fraction of sp³-hybridized carbons (Fsp3) is 0.917. The van der Waals surface area contributed by atoms with Crippen molar-refractivity contribution in [2.75, 3.05) is 25.4 Å². The minimum absolute atomic E-state index is 0.0559. The van der Waals surface area contributed by atoms with Crippen LogP contribution in [0.2, 0.25) is 0 Å². The number of amides is 1. The van der Waals surface area contributed by atoms with Gasteiger partial charge >= 0.3 is 0 Å². The monoisotopic (exact) mass is 244 g/mol. The molecule has 0 aliphatic carbocycles. The number of hydrogen-bond donors (Lipinski definition) is 1. The second-order valence-corrected chi connectivity index (χ2v) is 7.83. The van der Waals surface area contributed by atoms with Crippen LogP contribution in [0.15, 0.2) is 0 Å². The molecule has 1 fully saturated rings. The second-order valence-electron chi connectivity index (χ2n) is 6.03. The summed E-state index contributed by atoms with van der Waals surface area (Å²) in [7, 11) is 0. The van der Waals surface area contributed by atoms with Crippen molar-refractivity contribution in [1.29, 1.82) is 0 Å². The van der Waals surface area contributed by atoms with E-state index in [0.717, 1.165) is 19.6 Å². The van der Waals surface area contributed by atoms with Crippen LogP contribution in [0.5, 0.6) is 0 Å². The van der Waals surface area contributed by atoms with Gasteiger partial charge in [0, 0.05) is 29.9 Å². The van der Waals surface area contributed by atoms with Crippen molar-refractivity contribution in [3.63, 3.8) is 0 Å². The van der Waals surface area contributed by atoms with Crippen molar-refractivity contribution >= 4 is 17.7 Å². The third-order valence-corrected chi connectivity index (χ3v) is 3.81. The summed E-state index contributed by atoms with van der Waals surface area (Å²) in [6.07, 6.45) is 0. The van der Waals surface area contributed by atoms with E-state index in [1.54, 1.807) is 11.8 Å². The van der Waals surface area contributed by atoms with E-state index in [2.05, 4.69) is 39.9 Å². The van der Waals surface area contributed by atoms with Crippen LogP contribution in [0.1, 0.15) is 34.6 Å². The Morgan fingerprint density at radius 2 is 2.06 bits per heavy atom. The molecule has 1 rings (SSSR count). The molecule has 0 bridgehead atoms. The van der Waals surface area contributed by atoms with Crippen LogP contribution in [0, 0.1) is 0 Å². The Kier molecular flexibility index (Phi) is 4.29. The van der Waals surface area contributed by atoms with E-state index in [0.29, 0.717) is 5.75 Å². The zero-order valence-corrected chi connectivity index (χ0v) is 11.9. The minimum atomic E-state index is 0.0559. The van der Waals surface area contributed by atoms with Gasteiger partial charge in [0.05, 0.1) is 5.75 Å². The van der Waals surface area contributed by atoms with Crippen LogP contribution >= 0.6 is 11.8 Å². The molecule has 16 heavy (non-hydrogen) atoms. The lowest BCUT2D eigenvalue weighted by Crippen LogP contribution is -2.58. The summed E-state index contributed by atoms with van der Waals surface area (Å²) >= 11 is 1.72. The maximum absolute atomic E-state index is 12.0. The molecule has 0 aromatic carbocycles. The van der Waals surface area contributed by atoms with Crippen molar-refractivity contribution in [3.05, 3.63) is 0 Å². The Morgan fingerprint density at radius 3 is 2.56 bits per heavy atom. The molecular formula is C12H24N2OS. The lowest BCUT2D eigenvalue weighted by atomic mass is 10.0. The smallest absolute Gasteiger partial charge is 0.232 e. The molecule has 0 aromatic rings. The number of nitrogens with one attached hydrogen (secondary N) is 1. The Labute approximate surface area is 103 Å². The van der Waals surface area contributed by atoms with Crippen molar-refractivity contribution in [1.82, 2.24) is 10.2 Å². The van der Waals surface area contributed by atoms with Gasteiger partial charge in [-0.2, -0.15) is 0 Å². The molecule has 3 nitrogen and oxygen atoms in total. The summed E-state index contributed by atoms with van der Waals surface area (Å²) in [6, 6.07) is 0. The van der Waals surface area contributed by atoms with Gasteiger partial charge in [-0.1, -0.05) is 20.8 Å². The zero-order chi connectivity index (χ0) is 12.4. The topological polar surface area (TPSA) is 32.3 Å². The maximum Gasteiger partial charge on any atom is 0.232 e. The van der Waals surface area contributed by atoms with Crippen LogP contribution in [0.25, 0.3) is 0 Å². The maximum atomic E-state index is 12.0. The van der Waals surface area contributed by atoms with Gasteiger partial charge in [0.15, 0.2) is 0 Å². The zero-order valence-electron chi connectivity index (χ0n) is 11.1. The molecule has 0 radical (unpaired) electrons. The van der Waals surface area contributed by atoms with E-state index in [-0.39, 0.29) is 16.2 Å². The Bertz CT molecular complexity index is 258. The van der Waals surface area contributed by atoms with Crippen LogP contribution in [-0.4, -0.2) is 46.5 Å². The third-order valence-electron chi connectivity index (χ3n) is 2.55. The van der Waals surface area contributed by atoms with Crippen molar-refractivity contribution in [2.24, 2.45) is 0 Å². The highest BCUT2D eigenvalue weighted by Crippen LogP contribution is 2.23. The van der Waals surface area contributed by atoms with E-state index < -0.39 is 0 Å². The molecule has 0 unspecified atom stereocenters. The Balaban J connectivity index is 2.42. The number of carbonyl (C=O) groups excluding carboxylic acids is 1. The molecule has 0 saturated carbocycles. The highest BCUT2D eigenvalue weighted by molar-refractivity contribution is 8.01. The Hall–Kier alpha value is -0.220. The molecule has 1 saturated heterocycles. The number of hydrogen-bond acceptors (Lipinski definition) is 3. The number of carbonyl (C=O) groups is 1. The van der Waals surface area contributed by atoms with Gasteiger partial charge in [0.1, 0.15) is 0 Å². The molecule has 1 heterocycles. The molecule has 4 heteroatoms. The summed E-state index contributed by atoms with van der Waals surface area (Å²) in [5, 5.41) is 3.41. The number of thioether (sulfide) groups is 1. The van der Waals surface area contributed by atoms with Crippen molar-refractivity contribution in [2.45, 2.75) is 44.9 Å². The molecule has 94 valence electrons. The van der Waals surface area contributed by atoms with E-state index in [1.165, 1.54) is 0 Å². The number of piperazine rings is 1. The summed E-state index contributed by atoms with van der Waals surface area (Å²) in [6.45, 7) is 13.3. The van der Waals surface area contributed by atoms with Gasteiger partial charge in [-0.15, -0.1) is 11.8 Å². The molecule has 0 aromatic heterocycles.